The average molecular weight is 308 g/mol. The molecular weight excluding hydrogens is 292 g/mol. The van der Waals surface area contributed by atoms with Crippen molar-refractivity contribution in [1.29, 1.82) is 0 Å². The number of aromatic hydroxyl groups is 1. The van der Waals surface area contributed by atoms with E-state index in [2.05, 4.69) is 22.4 Å². The molecule has 2 heterocycles. The van der Waals surface area contributed by atoms with Crippen molar-refractivity contribution in [2.75, 3.05) is 5.32 Å². The fourth-order valence-corrected chi connectivity index (χ4v) is 3.13. The van der Waals surface area contributed by atoms with E-state index in [1.54, 1.807) is 12.3 Å². The number of hydrogen-bond acceptors (Lipinski definition) is 4. The first-order valence-corrected chi connectivity index (χ1v) is 7.66. The van der Waals surface area contributed by atoms with E-state index in [0.717, 1.165) is 29.4 Å². The first kappa shape index (κ1) is 13.8. The normalized spacial score (nSPS) is 13.2. The SMILES string of the molecule is O=C(Cc1coc2cc3c(cc12)CCC3)Nc1ncccc1O. The Morgan fingerprint density at radius 2 is 2.13 bits per heavy atom. The van der Waals surface area contributed by atoms with E-state index in [1.807, 2.05) is 0 Å². The molecule has 23 heavy (non-hydrogen) atoms. The number of rotatable bonds is 3. The van der Waals surface area contributed by atoms with Crippen LogP contribution in [0.15, 0.2) is 41.1 Å². The number of aryl methyl sites for hydroxylation is 2. The number of hydrogen-bond donors (Lipinski definition) is 2. The lowest BCUT2D eigenvalue weighted by Gasteiger charge is -2.05. The highest BCUT2D eigenvalue weighted by molar-refractivity contribution is 5.95. The van der Waals surface area contributed by atoms with Crippen LogP contribution >= 0.6 is 0 Å². The van der Waals surface area contributed by atoms with Gasteiger partial charge in [-0.05, 0) is 54.7 Å². The Hall–Kier alpha value is -2.82. The third-order valence-electron chi connectivity index (χ3n) is 4.26. The summed E-state index contributed by atoms with van der Waals surface area (Å²) in [4.78, 5) is 16.2. The van der Waals surface area contributed by atoms with Gasteiger partial charge in [0.2, 0.25) is 5.91 Å². The molecule has 2 aromatic heterocycles. The molecule has 0 saturated carbocycles. The fourth-order valence-electron chi connectivity index (χ4n) is 3.13. The van der Waals surface area contributed by atoms with Crippen LogP contribution in [-0.4, -0.2) is 16.0 Å². The van der Waals surface area contributed by atoms with Crippen LogP contribution in [0.5, 0.6) is 5.75 Å². The van der Waals surface area contributed by atoms with Crippen molar-refractivity contribution in [2.45, 2.75) is 25.7 Å². The second kappa shape index (κ2) is 5.43. The smallest absolute Gasteiger partial charge is 0.230 e. The van der Waals surface area contributed by atoms with Crippen LogP contribution in [0, 0.1) is 0 Å². The first-order chi connectivity index (χ1) is 11.2. The van der Waals surface area contributed by atoms with Crippen LogP contribution in [0.3, 0.4) is 0 Å². The molecule has 0 radical (unpaired) electrons. The molecule has 0 unspecified atom stereocenters. The third kappa shape index (κ3) is 2.54. The van der Waals surface area contributed by atoms with Crippen LogP contribution in [0.1, 0.15) is 23.1 Å². The topological polar surface area (TPSA) is 75.4 Å². The number of benzene rings is 1. The molecule has 3 aromatic rings. The molecule has 0 aliphatic heterocycles. The molecule has 1 aliphatic carbocycles. The van der Waals surface area contributed by atoms with E-state index in [4.69, 9.17) is 4.42 Å². The van der Waals surface area contributed by atoms with Gasteiger partial charge in [-0.1, -0.05) is 0 Å². The van der Waals surface area contributed by atoms with Gasteiger partial charge in [0.1, 0.15) is 5.58 Å². The number of carbonyl (C=O) groups excluding carboxylic acids is 1. The van der Waals surface area contributed by atoms with Crippen molar-refractivity contribution in [3.05, 3.63) is 53.4 Å². The van der Waals surface area contributed by atoms with Gasteiger partial charge in [-0.2, -0.15) is 0 Å². The summed E-state index contributed by atoms with van der Waals surface area (Å²) in [7, 11) is 0. The predicted octanol–water partition coefficient (Wildman–Crippen LogP) is 3.20. The van der Waals surface area contributed by atoms with Gasteiger partial charge in [0.15, 0.2) is 11.6 Å². The van der Waals surface area contributed by atoms with Crippen molar-refractivity contribution >= 4 is 22.7 Å². The number of furan rings is 1. The van der Waals surface area contributed by atoms with Crippen molar-refractivity contribution in [3.63, 3.8) is 0 Å². The van der Waals surface area contributed by atoms with Gasteiger partial charge in [0.25, 0.3) is 0 Å². The van der Waals surface area contributed by atoms with Gasteiger partial charge in [0, 0.05) is 17.1 Å². The summed E-state index contributed by atoms with van der Waals surface area (Å²) in [5.41, 5.74) is 4.38. The maximum absolute atomic E-state index is 12.2. The predicted molar refractivity (Wildman–Crippen MR) is 86.5 cm³/mol. The minimum Gasteiger partial charge on any atom is -0.504 e. The molecule has 1 amide bonds. The summed E-state index contributed by atoms with van der Waals surface area (Å²) in [5, 5.41) is 13.3. The monoisotopic (exact) mass is 308 g/mol. The fraction of sp³-hybridized carbons (Fsp3) is 0.222. The summed E-state index contributed by atoms with van der Waals surface area (Å²) in [6, 6.07) is 7.32. The number of fused-ring (bicyclic) bond motifs is 2. The second-order valence-corrected chi connectivity index (χ2v) is 5.83. The molecule has 5 nitrogen and oxygen atoms in total. The number of pyridine rings is 1. The molecule has 4 rings (SSSR count). The van der Waals surface area contributed by atoms with Crippen molar-refractivity contribution in [3.8, 4) is 5.75 Å². The van der Waals surface area contributed by atoms with Crippen molar-refractivity contribution in [1.82, 2.24) is 4.98 Å². The van der Waals surface area contributed by atoms with Gasteiger partial charge in [-0.15, -0.1) is 0 Å². The molecule has 2 N–H and O–H groups in total. The van der Waals surface area contributed by atoms with Gasteiger partial charge in [0.05, 0.1) is 12.7 Å². The van der Waals surface area contributed by atoms with Gasteiger partial charge < -0.3 is 14.8 Å². The Morgan fingerprint density at radius 3 is 2.96 bits per heavy atom. The standard InChI is InChI=1S/C18H16N2O3/c21-15-5-2-6-19-18(15)20-17(22)9-13-10-23-16-8-12-4-1-3-11(12)7-14(13)16/h2,5-8,10,21H,1,3-4,9H2,(H,19,20,22). The van der Waals surface area contributed by atoms with Gasteiger partial charge in [-0.25, -0.2) is 4.98 Å². The number of aromatic nitrogens is 1. The highest BCUT2D eigenvalue weighted by Gasteiger charge is 2.17. The molecule has 0 saturated heterocycles. The summed E-state index contributed by atoms with van der Waals surface area (Å²) < 4.78 is 5.60. The molecule has 5 heteroatoms. The Morgan fingerprint density at radius 1 is 1.30 bits per heavy atom. The summed E-state index contributed by atoms with van der Waals surface area (Å²) in [6.45, 7) is 0. The lowest BCUT2D eigenvalue weighted by Crippen LogP contribution is -2.15. The zero-order valence-electron chi connectivity index (χ0n) is 12.5. The molecule has 1 aromatic carbocycles. The minimum absolute atomic E-state index is 0.0456. The number of nitrogens with one attached hydrogen (secondary N) is 1. The quantitative estimate of drug-likeness (QED) is 0.779. The molecule has 116 valence electrons. The summed E-state index contributed by atoms with van der Waals surface area (Å²) >= 11 is 0. The van der Waals surface area contributed by atoms with E-state index in [0.29, 0.717) is 0 Å². The van der Waals surface area contributed by atoms with Crippen molar-refractivity contribution < 1.29 is 14.3 Å². The zero-order chi connectivity index (χ0) is 15.8. The van der Waals surface area contributed by atoms with E-state index in [1.165, 1.54) is 29.8 Å². The minimum atomic E-state index is -0.234. The highest BCUT2D eigenvalue weighted by atomic mass is 16.3. The Kier molecular flexibility index (Phi) is 3.26. The lowest BCUT2D eigenvalue weighted by atomic mass is 10.0. The van der Waals surface area contributed by atoms with Crippen LogP contribution in [0.2, 0.25) is 0 Å². The van der Waals surface area contributed by atoms with E-state index < -0.39 is 0 Å². The van der Waals surface area contributed by atoms with Crippen LogP contribution in [0.4, 0.5) is 5.82 Å². The number of amides is 1. The van der Waals surface area contributed by atoms with E-state index in [-0.39, 0.29) is 23.9 Å². The lowest BCUT2D eigenvalue weighted by molar-refractivity contribution is -0.115. The Labute approximate surface area is 133 Å². The molecule has 0 bridgehead atoms. The molecule has 1 aliphatic rings. The summed E-state index contributed by atoms with van der Waals surface area (Å²) in [5.74, 6) is -0.107. The molecule has 0 atom stereocenters. The molecule has 0 spiro atoms. The number of nitrogens with zero attached hydrogens (tertiary/aromatic N) is 1. The van der Waals surface area contributed by atoms with Gasteiger partial charge in [-0.3, -0.25) is 4.79 Å². The van der Waals surface area contributed by atoms with E-state index in [9.17, 15) is 9.90 Å². The Bertz CT molecular complexity index is 898. The third-order valence-corrected chi connectivity index (χ3v) is 4.26. The largest absolute Gasteiger partial charge is 0.504 e. The Balaban J connectivity index is 1.58. The second-order valence-electron chi connectivity index (χ2n) is 5.83. The first-order valence-electron chi connectivity index (χ1n) is 7.66. The van der Waals surface area contributed by atoms with Gasteiger partial charge >= 0.3 is 0 Å². The summed E-state index contributed by atoms with van der Waals surface area (Å²) in [6.07, 6.45) is 6.70. The average Bonchev–Trinajstić information content (AvgIpc) is 3.14. The van der Waals surface area contributed by atoms with Crippen LogP contribution < -0.4 is 5.32 Å². The van der Waals surface area contributed by atoms with Crippen molar-refractivity contribution in [2.24, 2.45) is 0 Å². The number of carbonyl (C=O) groups is 1. The molecule has 0 fully saturated rings. The maximum atomic E-state index is 12.2. The highest BCUT2D eigenvalue weighted by Crippen LogP contribution is 2.30. The maximum Gasteiger partial charge on any atom is 0.230 e. The van der Waals surface area contributed by atoms with Crippen LogP contribution in [-0.2, 0) is 24.1 Å². The van der Waals surface area contributed by atoms with E-state index >= 15 is 0 Å². The zero-order valence-corrected chi connectivity index (χ0v) is 12.5. The molecular formula is C18H16N2O3. The van der Waals surface area contributed by atoms with Crippen LogP contribution in [0.25, 0.3) is 11.0 Å². The number of anilines is 1.